The number of pyridine rings is 1. The fourth-order valence-corrected chi connectivity index (χ4v) is 3.47. The third-order valence-corrected chi connectivity index (χ3v) is 5.29. The van der Waals surface area contributed by atoms with Crippen molar-refractivity contribution in [2.24, 2.45) is 0 Å². The second-order valence-electron chi connectivity index (χ2n) is 7.70. The Kier molecular flexibility index (Phi) is 7.56. The topological polar surface area (TPSA) is 144 Å². The van der Waals surface area contributed by atoms with Gasteiger partial charge in [-0.15, -0.1) is 0 Å². The van der Waals surface area contributed by atoms with Crippen LogP contribution in [0.2, 0.25) is 0 Å². The van der Waals surface area contributed by atoms with Crippen molar-refractivity contribution in [3.8, 4) is 11.3 Å². The zero-order chi connectivity index (χ0) is 23.8. The first-order valence-electron chi connectivity index (χ1n) is 11.0. The maximum Gasteiger partial charge on any atom is 0.287 e. The molecule has 1 aromatic carbocycles. The van der Waals surface area contributed by atoms with Gasteiger partial charge in [0.2, 0.25) is 5.95 Å². The zero-order valence-corrected chi connectivity index (χ0v) is 18.4. The number of amides is 1. The molecule has 1 aliphatic heterocycles. The van der Waals surface area contributed by atoms with Crippen molar-refractivity contribution in [2.75, 3.05) is 36.9 Å². The largest absolute Gasteiger partial charge is 0.376 e. The van der Waals surface area contributed by atoms with Gasteiger partial charge in [0.1, 0.15) is 12.0 Å². The van der Waals surface area contributed by atoms with Gasteiger partial charge in [-0.1, -0.05) is 12.1 Å². The molecule has 0 aliphatic carbocycles. The molecule has 3 aromatic rings. The number of hydrogen-bond donors (Lipinski definition) is 3. The summed E-state index contributed by atoms with van der Waals surface area (Å²) in [4.78, 5) is 35.3. The number of anilines is 2. The molecule has 3 heterocycles. The van der Waals surface area contributed by atoms with Crippen LogP contribution in [0.1, 0.15) is 23.2 Å². The van der Waals surface area contributed by atoms with Gasteiger partial charge in [-0.25, -0.2) is 15.0 Å². The number of benzene rings is 1. The molecule has 1 fully saturated rings. The number of ether oxygens (including phenoxy) is 1. The normalized spacial score (nSPS) is 15.0. The van der Waals surface area contributed by atoms with E-state index in [1.807, 2.05) is 12.1 Å². The number of rotatable bonds is 10. The second-order valence-corrected chi connectivity index (χ2v) is 7.70. The average molecular weight is 463 g/mol. The van der Waals surface area contributed by atoms with E-state index in [0.29, 0.717) is 37.0 Å². The predicted molar refractivity (Wildman–Crippen MR) is 127 cm³/mol. The number of nitro groups is 1. The predicted octanol–water partition coefficient (Wildman–Crippen LogP) is 2.88. The van der Waals surface area contributed by atoms with E-state index in [9.17, 15) is 14.9 Å². The Morgan fingerprint density at radius 1 is 1.09 bits per heavy atom. The minimum Gasteiger partial charge on any atom is -0.376 e. The molecule has 1 saturated heterocycles. The highest BCUT2D eigenvalue weighted by molar-refractivity contribution is 5.94. The van der Waals surface area contributed by atoms with Crippen molar-refractivity contribution in [1.82, 2.24) is 20.3 Å². The third kappa shape index (κ3) is 6.23. The molecule has 2 aromatic heterocycles. The molecule has 0 spiro atoms. The van der Waals surface area contributed by atoms with Crippen LogP contribution in [0.3, 0.4) is 0 Å². The molecule has 34 heavy (non-hydrogen) atoms. The lowest BCUT2D eigenvalue weighted by molar-refractivity contribution is -0.385. The maximum absolute atomic E-state index is 12.4. The number of carbonyl (C=O) groups is 1. The van der Waals surface area contributed by atoms with E-state index in [-0.39, 0.29) is 17.7 Å². The van der Waals surface area contributed by atoms with E-state index in [4.69, 9.17) is 4.74 Å². The molecule has 0 radical (unpaired) electrons. The summed E-state index contributed by atoms with van der Waals surface area (Å²) in [6.07, 6.45) is 5.00. The summed E-state index contributed by atoms with van der Waals surface area (Å²) >= 11 is 0. The lowest BCUT2D eigenvalue weighted by atomic mass is 10.1. The van der Waals surface area contributed by atoms with Gasteiger partial charge in [0.05, 0.1) is 16.7 Å². The first-order valence-corrected chi connectivity index (χ1v) is 11.0. The number of hydrogen-bond acceptors (Lipinski definition) is 9. The Balaban J connectivity index is 1.26. The summed E-state index contributed by atoms with van der Waals surface area (Å²) in [6.45, 7) is 2.33. The molecule has 11 heteroatoms. The van der Waals surface area contributed by atoms with Gasteiger partial charge in [-0.2, -0.15) is 0 Å². The lowest BCUT2D eigenvalue weighted by Crippen LogP contribution is -2.31. The zero-order valence-electron chi connectivity index (χ0n) is 18.4. The molecule has 0 bridgehead atoms. The van der Waals surface area contributed by atoms with E-state index in [0.717, 1.165) is 30.7 Å². The molecule has 0 saturated carbocycles. The molecule has 1 atom stereocenters. The van der Waals surface area contributed by atoms with E-state index >= 15 is 0 Å². The van der Waals surface area contributed by atoms with Crippen LogP contribution in [0.5, 0.6) is 0 Å². The summed E-state index contributed by atoms with van der Waals surface area (Å²) in [5.74, 6) is 0.887. The van der Waals surface area contributed by atoms with Crippen molar-refractivity contribution >= 4 is 23.4 Å². The van der Waals surface area contributed by atoms with Crippen LogP contribution in [0.25, 0.3) is 11.3 Å². The molecule has 176 valence electrons. The van der Waals surface area contributed by atoms with Gasteiger partial charge >= 0.3 is 0 Å². The third-order valence-electron chi connectivity index (χ3n) is 5.29. The monoisotopic (exact) mass is 463 g/mol. The van der Waals surface area contributed by atoms with Crippen LogP contribution in [0.15, 0.2) is 54.9 Å². The van der Waals surface area contributed by atoms with Gasteiger partial charge in [0, 0.05) is 49.6 Å². The average Bonchev–Trinajstić information content (AvgIpc) is 3.39. The molecular weight excluding hydrogens is 438 g/mol. The highest BCUT2D eigenvalue weighted by Gasteiger charge is 2.16. The van der Waals surface area contributed by atoms with Crippen LogP contribution in [0.4, 0.5) is 17.5 Å². The van der Waals surface area contributed by atoms with Crippen molar-refractivity contribution in [3.05, 3.63) is 70.5 Å². The number of carbonyl (C=O) groups excluding carboxylic acids is 1. The molecule has 11 nitrogen and oxygen atoms in total. The van der Waals surface area contributed by atoms with Crippen molar-refractivity contribution in [2.45, 2.75) is 18.9 Å². The van der Waals surface area contributed by atoms with E-state index in [1.165, 1.54) is 12.3 Å². The molecule has 4 rings (SSSR count). The van der Waals surface area contributed by atoms with Crippen LogP contribution in [0, 0.1) is 10.1 Å². The lowest BCUT2D eigenvalue weighted by Gasteiger charge is -2.11. The van der Waals surface area contributed by atoms with Gasteiger partial charge in [0.25, 0.3) is 11.6 Å². The Morgan fingerprint density at radius 3 is 2.62 bits per heavy atom. The SMILES string of the molecule is O=C(NCC1CCCO1)c1ccc(-c2ccnc(NCCNc3ccc([N+](=O)[O-])cn3)n2)cc1. The Hall–Kier alpha value is -4.12. The minimum absolute atomic E-state index is 0.0544. The standard InChI is InChI=1S/C23H25N7O4/c31-22(28-15-19-2-1-13-34-19)17-5-3-16(4-6-17)20-9-10-25-23(29-20)26-12-11-24-21-8-7-18(14-27-21)30(32)33/h3-10,14,19H,1-2,11-13,15H2,(H,24,27)(H,28,31)(H,25,26,29). The first-order chi connectivity index (χ1) is 16.6. The van der Waals surface area contributed by atoms with Gasteiger partial charge in [-0.05, 0) is 37.1 Å². The van der Waals surface area contributed by atoms with Gasteiger partial charge in [-0.3, -0.25) is 14.9 Å². The van der Waals surface area contributed by atoms with Crippen LogP contribution in [-0.4, -0.2) is 58.1 Å². The quantitative estimate of drug-likeness (QED) is 0.235. The fraction of sp³-hybridized carbons (Fsp3) is 0.304. The van der Waals surface area contributed by atoms with Crippen molar-refractivity contribution in [1.29, 1.82) is 0 Å². The number of nitrogens with one attached hydrogen (secondary N) is 3. The highest BCUT2D eigenvalue weighted by atomic mass is 16.6. The summed E-state index contributed by atoms with van der Waals surface area (Å²) in [5.41, 5.74) is 2.13. The number of aromatic nitrogens is 3. The highest BCUT2D eigenvalue weighted by Crippen LogP contribution is 2.19. The van der Waals surface area contributed by atoms with Crippen molar-refractivity contribution in [3.63, 3.8) is 0 Å². The molecule has 1 aliphatic rings. The fourth-order valence-electron chi connectivity index (χ4n) is 3.47. The maximum atomic E-state index is 12.4. The molecule has 1 unspecified atom stereocenters. The summed E-state index contributed by atoms with van der Waals surface area (Å²) in [6, 6.07) is 12.0. The minimum atomic E-state index is -0.488. The van der Waals surface area contributed by atoms with Gasteiger partial charge in [0.15, 0.2) is 0 Å². The van der Waals surface area contributed by atoms with E-state index in [1.54, 1.807) is 30.5 Å². The second kappa shape index (κ2) is 11.1. The number of nitrogens with zero attached hydrogens (tertiary/aromatic N) is 4. The summed E-state index contributed by atoms with van der Waals surface area (Å²) < 4.78 is 5.53. The van der Waals surface area contributed by atoms with Crippen LogP contribution < -0.4 is 16.0 Å². The van der Waals surface area contributed by atoms with Crippen LogP contribution in [-0.2, 0) is 4.74 Å². The Morgan fingerprint density at radius 2 is 1.91 bits per heavy atom. The molecule has 3 N–H and O–H groups in total. The summed E-state index contributed by atoms with van der Waals surface area (Å²) in [5, 5.41) is 19.8. The summed E-state index contributed by atoms with van der Waals surface area (Å²) in [7, 11) is 0. The Bertz CT molecular complexity index is 1120. The Labute approximate surface area is 196 Å². The molecule has 1 amide bonds. The smallest absolute Gasteiger partial charge is 0.287 e. The van der Waals surface area contributed by atoms with Crippen LogP contribution >= 0.6 is 0 Å². The molecular formula is C23H25N7O4. The first kappa shape index (κ1) is 23.1. The van der Waals surface area contributed by atoms with Crippen molar-refractivity contribution < 1.29 is 14.5 Å². The van der Waals surface area contributed by atoms with E-state index < -0.39 is 4.92 Å². The van der Waals surface area contributed by atoms with E-state index in [2.05, 4.69) is 30.9 Å². The van der Waals surface area contributed by atoms with Gasteiger partial charge < -0.3 is 20.7 Å².